The maximum Gasteiger partial charge on any atom is 0.193 e. The average molecular weight is 353 g/mol. The van der Waals surface area contributed by atoms with E-state index in [1.165, 1.54) is 0 Å². The molecule has 1 unspecified atom stereocenters. The molecule has 0 spiro atoms. The van der Waals surface area contributed by atoms with Crippen LogP contribution in [0.4, 0.5) is 4.39 Å². The van der Waals surface area contributed by atoms with E-state index in [1.807, 2.05) is 6.07 Å². The predicted octanol–water partition coefficient (Wildman–Crippen LogP) is 2.03. The van der Waals surface area contributed by atoms with E-state index in [9.17, 15) is 9.50 Å². The van der Waals surface area contributed by atoms with Crippen LogP contribution in [0.25, 0.3) is 10.9 Å². The number of nitrogens with two attached hydrogens (primary N) is 1. The lowest BCUT2D eigenvalue weighted by molar-refractivity contribution is 0.110. The Balaban J connectivity index is 1.72. The van der Waals surface area contributed by atoms with Gasteiger partial charge in [0.25, 0.3) is 0 Å². The normalized spacial score (nSPS) is 21.5. The van der Waals surface area contributed by atoms with Crippen molar-refractivity contribution in [3.63, 3.8) is 0 Å². The third-order valence-corrected chi connectivity index (χ3v) is 4.93. The Morgan fingerprint density at radius 1 is 1.38 bits per heavy atom. The summed E-state index contributed by atoms with van der Waals surface area (Å²) >= 11 is 0. The summed E-state index contributed by atoms with van der Waals surface area (Å²) in [6.07, 6.45) is 8.43. The summed E-state index contributed by atoms with van der Waals surface area (Å²) in [5.41, 5.74) is 7.55. The van der Waals surface area contributed by atoms with E-state index in [1.54, 1.807) is 18.6 Å². The molecule has 0 bridgehead atoms. The van der Waals surface area contributed by atoms with Crippen LogP contribution in [0.1, 0.15) is 43.0 Å². The number of halogens is 1. The van der Waals surface area contributed by atoms with Crippen LogP contribution in [-0.2, 0) is 0 Å². The zero-order valence-electron chi connectivity index (χ0n) is 14.2. The highest BCUT2D eigenvalue weighted by Gasteiger charge is 2.28. The number of hydrogen-bond acceptors (Lipinski definition) is 5. The van der Waals surface area contributed by atoms with Crippen molar-refractivity contribution in [2.24, 2.45) is 10.7 Å². The van der Waals surface area contributed by atoms with Crippen molar-refractivity contribution in [3.8, 4) is 11.8 Å². The van der Waals surface area contributed by atoms with Crippen LogP contribution in [0.3, 0.4) is 0 Å². The highest BCUT2D eigenvalue weighted by Crippen LogP contribution is 2.33. The van der Waals surface area contributed by atoms with Gasteiger partial charge in [0.2, 0.25) is 0 Å². The maximum absolute atomic E-state index is 13.4. The molecular formula is C19H20FN5O. The van der Waals surface area contributed by atoms with Crippen molar-refractivity contribution in [3.05, 3.63) is 41.5 Å². The summed E-state index contributed by atoms with van der Waals surface area (Å²) in [7, 11) is 0. The van der Waals surface area contributed by atoms with Crippen LogP contribution in [0, 0.1) is 11.8 Å². The average Bonchev–Trinajstić information content (AvgIpc) is 3.26. The first-order valence-corrected chi connectivity index (χ1v) is 8.65. The third kappa shape index (κ3) is 3.04. The van der Waals surface area contributed by atoms with Gasteiger partial charge in [-0.2, -0.15) is 0 Å². The van der Waals surface area contributed by atoms with E-state index in [2.05, 4.69) is 32.1 Å². The van der Waals surface area contributed by atoms with Gasteiger partial charge in [-0.3, -0.25) is 0 Å². The predicted molar refractivity (Wildman–Crippen MR) is 97.9 cm³/mol. The molecule has 0 radical (unpaired) electrons. The number of rotatable bonds is 2. The fraction of sp³-hybridized carbons (Fsp3) is 0.368. The minimum Gasteiger partial charge on any atom is -0.378 e. The van der Waals surface area contributed by atoms with Gasteiger partial charge >= 0.3 is 0 Å². The van der Waals surface area contributed by atoms with Gasteiger partial charge in [0.05, 0.1) is 11.7 Å². The van der Waals surface area contributed by atoms with Gasteiger partial charge in [-0.15, -0.1) is 0 Å². The molecule has 0 aromatic carbocycles. The molecular weight excluding hydrogens is 333 g/mol. The van der Waals surface area contributed by atoms with Crippen LogP contribution in [0.2, 0.25) is 0 Å². The monoisotopic (exact) mass is 353 g/mol. The first-order valence-electron chi connectivity index (χ1n) is 8.65. The Kier molecular flexibility index (Phi) is 4.13. The lowest BCUT2D eigenvalue weighted by Crippen LogP contribution is -2.32. The molecule has 6 nitrogen and oxygen atoms in total. The van der Waals surface area contributed by atoms with Crippen LogP contribution in [-0.4, -0.2) is 33.3 Å². The minimum atomic E-state index is -0.907. The van der Waals surface area contributed by atoms with Crippen molar-refractivity contribution in [1.82, 2.24) is 15.3 Å². The number of fused-ring (bicyclic) bond motifs is 1. The quantitative estimate of drug-likeness (QED) is 0.621. The van der Waals surface area contributed by atoms with Gasteiger partial charge < -0.3 is 21.1 Å². The van der Waals surface area contributed by atoms with Crippen LogP contribution < -0.4 is 11.1 Å². The van der Waals surface area contributed by atoms with E-state index in [0.717, 1.165) is 29.3 Å². The number of aliphatic hydroxyl groups is 1. The SMILES string of the molecule is NC1=NC(c2c[nH]c3cnc(C#CC4(O)CCCC4)cc23)C(CF)=CN1. The van der Waals surface area contributed by atoms with Crippen molar-refractivity contribution < 1.29 is 9.50 Å². The second-order valence-corrected chi connectivity index (χ2v) is 6.76. The van der Waals surface area contributed by atoms with Crippen LogP contribution in [0.5, 0.6) is 0 Å². The fourth-order valence-corrected chi connectivity index (χ4v) is 3.49. The molecule has 1 atom stereocenters. The Labute approximate surface area is 150 Å². The Hall–Kier alpha value is -2.85. The van der Waals surface area contributed by atoms with Gasteiger partial charge in [0, 0.05) is 28.9 Å². The Morgan fingerprint density at radius 3 is 2.96 bits per heavy atom. The number of aliphatic imine (C=N–C) groups is 1. The summed E-state index contributed by atoms with van der Waals surface area (Å²) in [6, 6.07) is 1.35. The van der Waals surface area contributed by atoms with E-state index < -0.39 is 18.3 Å². The summed E-state index contributed by atoms with van der Waals surface area (Å²) in [5, 5.41) is 14.0. The highest BCUT2D eigenvalue weighted by atomic mass is 19.1. The number of H-pyrrole nitrogens is 1. The summed E-state index contributed by atoms with van der Waals surface area (Å²) in [6.45, 7) is -0.619. The molecule has 1 aliphatic heterocycles. The molecule has 134 valence electrons. The summed E-state index contributed by atoms with van der Waals surface area (Å²) in [5.74, 6) is 6.20. The molecule has 7 heteroatoms. The maximum atomic E-state index is 13.4. The van der Waals surface area contributed by atoms with Gasteiger partial charge in [0.15, 0.2) is 5.96 Å². The number of guanidine groups is 1. The number of aromatic nitrogens is 2. The first-order chi connectivity index (χ1) is 12.6. The number of pyridine rings is 1. The molecule has 2 aromatic heterocycles. The largest absolute Gasteiger partial charge is 0.378 e. The minimum absolute atomic E-state index is 0.249. The molecule has 0 saturated heterocycles. The number of nitrogens with one attached hydrogen (secondary N) is 2. The van der Waals surface area contributed by atoms with Gasteiger partial charge in [-0.1, -0.05) is 5.92 Å². The summed E-state index contributed by atoms with van der Waals surface area (Å²) < 4.78 is 13.4. The second kappa shape index (κ2) is 6.46. The first kappa shape index (κ1) is 16.6. The van der Waals surface area contributed by atoms with E-state index in [4.69, 9.17) is 5.73 Å². The standard InChI is InChI=1S/C19H20FN5O/c20-8-12-9-24-18(21)25-17(12)15-10-23-16-11-22-13(7-14(15)16)3-6-19(26)4-1-2-5-19/h7,9-11,17,23,26H,1-2,4-5,8H2,(H3,21,24,25). The molecule has 0 amide bonds. The molecule has 2 aliphatic rings. The highest BCUT2D eigenvalue weighted by molar-refractivity contribution is 5.86. The van der Waals surface area contributed by atoms with Gasteiger partial charge in [-0.05, 0) is 37.7 Å². The molecule has 1 aliphatic carbocycles. The van der Waals surface area contributed by atoms with E-state index in [-0.39, 0.29) is 5.96 Å². The fourth-order valence-electron chi connectivity index (χ4n) is 3.49. The third-order valence-electron chi connectivity index (χ3n) is 4.93. The van der Waals surface area contributed by atoms with Crippen molar-refractivity contribution in [1.29, 1.82) is 0 Å². The van der Waals surface area contributed by atoms with E-state index >= 15 is 0 Å². The van der Waals surface area contributed by atoms with Crippen LogP contribution in [0.15, 0.2) is 35.2 Å². The van der Waals surface area contributed by atoms with Crippen LogP contribution >= 0.6 is 0 Å². The number of hydrogen-bond donors (Lipinski definition) is 4. The molecule has 5 N–H and O–H groups in total. The van der Waals surface area contributed by atoms with E-state index in [0.29, 0.717) is 24.1 Å². The lowest BCUT2D eigenvalue weighted by atomic mass is 9.99. The number of alkyl halides is 1. The molecule has 2 aromatic rings. The second-order valence-electron chi connectivity index (χ2n) is 6.76. The van der Waals surface area contributed by atoms with Crippen molar-refractivity contribution in [2.45, 2.75) is 37.3 Å². The summed E-state index contributed by atoms with van der Waals surface area (Å²) in [4.78, 5) is 11.8. The topological polar surface area (TPSA) is 99.3 Å². The smallest absolute Gasteiger partial charge is 0.193 e. The Morgan fingerprint density at radius 2 is 2.19 bits per heavy atom. The molecule has 1 saturated carbocycles. The lowest BCUT2D eigenvalue weighted by Gasteiger charge is -2.19. The molecule has 1 fully saturated rings. The molecule has 4 rings (SSSR count). The van der Waals surface area contributed by atoms with Crippen molar-refractivity contribution >= 4 is 16.9 Å². The zero-order valence-corrected chi connectivity index (χ0v) is 14.2. The van der Waals surface area contributed by atoms with Crippen molar-refractivity contribution in [2.75, 3.05) is 6.67 Å². The number of nitrogens with zero attached hydrogens (tertiary/aromatic N) is 2. The van der Waals surface area contributed by atoms with Gasteiger partial charge in [0.1, 0.15) is 24.0 Å². The molecule has 3 heterocycles. The van der Waals surface area contributed by atoms with Gasteiger partial charge in [-0.25, -0.2) is 14.4 Å². The molecule has 26 heavy (non-hydrogen) atoms. The zero-order chi connectivity index (χ0) is 18.1. The Bertz CT molecular complexity index is 959. The number of aromatic amines is 1.